The lowest BCUT2D eigenvalue weighted by Crippen LogP contribution is -2.14. The zero-order chi connectivity index (χ0) is 17.2. The van der Waals surface area contributed by atoms with Crippen molar-refractivity contribution in [3.8, 4) is 11.3 Å². The van der Waals surface area contributed by atoms with E-state index in [0.717, 1.165) is 16.7 Å². The molecule has 0 saturated carbocycles. The second kappa shape index (κ2) is 6.63. The Labute approximate surface area is 142 Å². The third-order valence-corrected chi connectivity index (χ3v) is 5.76. The van der Waals surface area contributed by atoms with E-state index in [4.69, 9.17) is 0 Å². The van der Waals surface area contributed by atoms with Gasteiger partial charge in [0.15, 0.2) is 0 Å². The summed E-state index contributed by atoms with van der Waals surface area (Å²) in [6, 6.07) is 18.5. The van der Waals surface area contributed by atoms with Crippen LogP contribution in [0.3, 0.4) is 0 Å². The average Bonchev–Trinajstić information content (AvgIpc) is 3.01. The summed E-state index contributed by atoms with van der Waals surface area (Å²) in [5, 5.41) is 3.07. The number of nitrogens with one attached hydrogen (secondary N) is 1. The van der Waals surface area contributed by atoms with Crippen molar-refractivity contribution in [2.45, 2.75) is 18.4 Å². The number of nitrogens with zero attached hydrogens (tertiary/aromatic N) is 1. The lowest BCUT2D eigenvalue weighted by Gasteiger charge is -2.12. The molecule has 24 heavy (non-hydrogen) atoms. The van der Waals surface area contributed by atoms with Crippen LogP contribution in [-0.2, 0) is 16.6 Å². The second-order valence-electron chi connectivity index (χ2n) is 5.70. The van der Waals surface area contributed by atoms with Gasteiger partial charge in [-0.1, -0.05) is 48.5 Å². The van der Waals surface area contributed by atoms with E-state index in [2.05, 4.69) is 5.32 Å². The molecule has 1 N–H and O–H groups in total. The quantitative estimate of drug-likeness (QED) is 0.774. The van der Waals surface area contributed by atoms with E-state index in [1.165, 1.54) is 3.97 Å². The highest BCUT2D eigenvalue weighted by molar-refractivity contribution is 7.90. The van der Waals surface area contributed by atoms with Crippen molar-refractivity contribution >= 4 is 10.0 Å². The topological polar surface area (TPSA) is 51.1 Å². The molecule has 124 valence electrons. The fourth-order valence-corrected chi connectivity index (χ4v) is 4.40. The summed E-state index contributed by atoms with van der Waals surface area (Å²) in [7, 11) is -1.81. The summed E-state index contributed by atoms with van der Waals surface area (Å²) >= 11 is 0. The Bertz CT molecular complexity index is 945. The predicted molar refractivity (Wildman–Crippen MR) is 96.4 cm³/mol. The molecule has 0 saturated heterocycles. The van der Waals surface area contributed by atoms with Crippen LogP contribution in [0.25, 0.3) is 11.3 Å². The molecule has 0 amide bonds. The summed E-state index contributed by atoms with van der Waals surface area (Å²) in [5.41, 5.74) is 3.20. The van der Waals surface area contributed by atoms with E-state index >= 15 is 0 Å². The van der Waals surface area contributed by atoms with Crippen LogP contribution in [0.1, 0.15) is 11.1 Å². The molecule has 3 rings (SSSR count). The molecule has 0 spiro atoms. The first-order chi connectivity index (χ1) is 11.5. The molecule has 0 aliphatic heterocycles. The van der Waals surface area contributed by atoms with Crippen LogP contribution in [0.4, 0.5) is 0 Å². The maximum absolute atomic E-state index is 13.2. The molecular weight excluding hydrogens is 320 g/mol. The molecule has 0 aliphatic rings. The van der Waals surface area contributed by atoms with E-state index < -0.39 is 10.0 Å². The molecule has 5 heteroatoms. The highest BCUT2D eigenvalue weighted by Gasteiger charge is 2.23. The minimum absolute atomic E-state index is 0.328. The van der Waals surface area contributed by atoms with Gasteiger partial charge in [0.1, 0.15) is 0 Å². The smallest absolute Gasteiger partial charge is 0.268 e. The number of aromatic nitrogens is 1. The molecule has 0 unspecified atom stereocenters. The fourth-order valence-electron chi connectivity index (χ4n) is 2.77. The highest BCUT2D eigenvalue weighted by atomic mass is 32.2. The van der Waals surface area contributed by atoms with Gasteiger partial charge < -0.3 is 5.32 Å². The molecule has 0 atom stereocenters. The van der Waals surface area contributed by atoms with E-state index in [1.807, 2.05) is 62.5 Å². The largest absolute Gasteiger partial charge is 0.316 e. The number of benzene rings is 2. The zero-order valence-corrected chi connectivity index (χ0v) is 14.5. The normalized spacial score (nSPS) is 11.6. The minimum atomic E-state index is -3.66. The summed E-state index contributed by atoms with van der Waals surface area (Å²) in [6.07, 6.45) is 1.70. The zero-order valence-electron chi connectivity index (χ0n) is 13.7. The molecule has 1 heterocycles. The van der Waals surface area contributed by atoms with Crippen molar-refractivity contribution in [1.82, 2.24) is 9.29 Å². The Morgan fingerprint density at radius 2 is 1.67 bits per heavy atom. The van der Waals surface area contributed by atoms with Crippen LogP contribution in [0.5, 0.6) is 0 Å². The van der Waals surface area contributed by atoms with Gasteiger partial charge in [-0.15, -0.1) is 0 Å². The van der Waals surface area contributed by atoms with Gasteiger partial charge in [-0.3, -0.25) is 0 Å². The maximum atomic E-state index is 13.2. The molecule has 3 aromatic rings. The third kappa shape index (κ3) is 3.00. The van der Waals surface area contributed by atoms with Crippen LogP contribution >= 0.6 is 0 Å². The van der Waals surface area contributed by atoms with Gasteiger partial charge in [-0.2, -0.15) is 0 Å². The van der Waals surface area contributed by atoms with Gasteiger partial charge in [0.2, 0.25) is 0 Å². The van der Waals surface area contributed by atoms with Crippen molar-refractivity contribution in [1.29, 1.82) is 0 Å². The number of aryl methyl sites for hydroxylation is 1. The van der Waals surface area contributed by atoms with Crippen LogP contribution < -0.4 is 5.32 Å². The molecule has 2 aromatic carbocycles. The number of rotatable bonds is 5. The van der Waals surface area contributed by atoms with Crippen molar-refractivity contribution in [3.63, 3.8) is 0 Å². The lowest BCUT2D eigenvalue weighted by molar-refractivity contribution is 0.587. The second-order valence-corrected chi connectivity index (χ2v) is 7.48. The van der Waals surface area contributed by atoms with Gasteiger partial charge >= 0.3 is 0 Å². The number of hydrogen-bond acceptors (Lipinski definition) is 3. The van der Waals surface area contributed by atoms with Crippen LogP contribution in [-0.4, -0.2) is 19.4 Å². The molecule has 0 fully saturated rings. The van der Waals surface area contributed by atoms with Crippen molar-refractivity contribution in [2.75, 3.05) is 7.05 Å². The van der Waals surface area contributed by atoms with Gasteiger partial charge in [0, 0.05) is 12.7 Å². The first-order valence-corrected chi connectivity index (χ1v) is 9.20. The van der Waals surface area contributed by atoms with Crippen LogP contribution in [0.15, 0.2) is 71.8 Å². The maximum Gasteiger partial charge on any atom is 0.268 e. The predicted octanol–water partition coefficient (Wildman–Crippen LogP) is 3.42. The van der Waals surface area contributed by atoms with Gasteiger partial charge in [-0.05, 0) is 42.8 Å². The number of hydrogen-bond donors (Lipinski definition) is 1. The van der Waals surface area contributed by atoms with Crippen LogP contribution in [0.2, 0.25) is 0 Å². The van der Waals surface area contributed by atoms with E-state index in [1.54, 1.807) is 18.3 Å². The van der Waals surface area contributed by atoms with Crippen molar-refractivity contribution in [2.24, 2.45) is 0 Å². The molecule has 4 nitrogen and oxygen atoms in total. The first kappa shape index (κ1) is 16.5. The standard InChI is InChI=1S/C19H20N2O2S/c1-15-8-6-7-11-19(15)24(22,23)21-14-16(13-20-2)12-18(21)17-9-4-3-5-10-17/h3-12,14,20H,13H2,1-2H3. The van der Waals surface area contributed by atoms with E-state index in [9.17, 15) is 8.42 Å². The Morgan fingerprint density at radius 1 is 1.00 bits per heavy atom. The summed E-state index contributed by atoms with van der Waals surface area (Å²) in [6.45, 7) is 2.42. The average molecular weight is 340 g/mol. The summed E-state index contributed by atoms with van der Waals surface area (Å²) in [4.78, 5) is 0.328. The molecular formula is C19H20N2O2S. The Kier molecular flexibility index (Phi) is 4.55. The highest BCUT2D eigenvalue weighted by Crippen LogP contribution is 2.28. The first-order valence-electron chi connectivity index (χ1n) is 7.76. The van der Waals surface area contributed by atoms with Gasteiger partial charge in [0.05, 0.1) is 10.6 Å². The van der Waals surface area contributed by atoms with E-state index in [-0.39, 0.29) is 0 Å². The fraction of sp³-hybridized carbons (Fsp3) is 0.158. The summed E-state index contributed by atoms with van der Waals surface area (Å²) in [5.74, 6) is 0. The van der Waals surface area contributed by atoms with Crippen molar-refractivity contribution < 1.29 is 8.42 Å². The van der Waals surface area contributed by atoms with Gasteiger partial charge in [-0.25, -0.2) is 12.4 Å². The van der Waals surface area contributed by atoms with Crippen LogP contribution in [0, 0.1) is 6.92 Å². The van der Waals surface area contributed by atoms with E-state index in [0.29, 0.717) is 17.1 Å². The van der Waals surface area contributed by atoms with Crippen molar-refractivity contribution in [3.05, 3.63) is 78.0 Å². The monoisotopic (exact) mass is 340 g/mol. The lowest BCUT2D eigenvalue weighted by atomic mass is 10.1. The van der Waals surface area contributed by atoms with Gasteiger partial charge in [0.25, 0.3) is 10.0 Å². The molecule has 0 bridgehead atoms. The molecule has 1 aromatic heterocycles. The molecule has 0 radical (unpaired) electrons. The summed E-state index contributed by atoms with van der Waals surface area (Å²) < 4.78 is 27.8. The Balaban J connectivity index is 2.22. The Morgan fingerprint density at radius 3 is 2.33 bits per heavy atom. The third-order valence-electron chi connectivity index (χ3n) is 3.92. The minimum Gasteiger partial charge on any atom is -0.316 e. The SMILES string of the molecule is CNCc1cc(-c2ccccc2)n(S(=O)(=O)c2ccccc2C)c1. The molecule has 0 aliphatic carbocycles. The Hall–Kier alpha value is -2.37.